The first kappa shape index (κ1) is 13.6. The van der Waals surface area contributed by atoms with Gasteiger partial charge in [-0.1, -0.05) is 13.8 Å². The number of nitrogens with zero attached hydrogens (tertiary/aromatic N) is 1. The molecule has 2 atom stereocenters. The summed E-state index contributed by atoms with van der Waals surface area (Å²) in [5.74, 6) is -2.63. The van der Waals surface area contributed by atoms with Crippen molar-refractivity contribution in [3.8, 4) is 0 Å². The monoisotopic (exact) mass is 215 g/mol. The second-order valence-electron chi connectivity index (χ2n) is 3.44. The number of carboxylic acids is 2. The van der Waals surface area contributed by atoms with Crippen molar-refractivity contribution in [1.82, 2.24) is 0 Å². The van der Waals surface area contributed by atoms with E-state index in [-0.39, 0.29) is 12.8 Å². The molecule has 2 N–H and O–H groups in total. The molecule has 0 aromatic carbocycles. The van der Waals surface area contributed by atoms with Gasteiger partial charge in [0.05, 0.1) is 6.42 Å². The molecule has 0 aliphatic rings. The molecule has 5 nitrogen and oxygen atoms in total. The van der Waals surface area contributed by atoms with Gasteiger partial charge in [0.1, 0.15) is 0 Å². The molecule has 86 valence electrons. The van der Waals surface area contributed by atoms with Gasteiger partial charge < -0.3 is 10.2 Å². The van der Waals surface area contributed by atoms with E-state index in [1.165, 1.54) is 0 Å². The van der Waals surface area contributed by atoms with Gasteiger partial charge in [0.2, 0.25) is 0 Å². The zero-order valence-corrected chi connectivity index (χ0v) is 9.06. The molecule has 0 aliphatic carbocycles. The maximum absolute atomic E-state index is 11.1. The van der Waals surface area contributed by atoms with Crippen molar-refractivity contribution in [3.05, 3.63) is 0 Å². The van der Waals surface area contributed by atoms with Gasteiger partial charge in [0, 0.05) is 5.92 Å². The smallest absolute Gasteiger partial charge is 0.331 e. The molecule has 0 aromatic rings. The summed E-state index contributed by atoms with van der Waals surface area (Å²) in [5, 5.41) is 17.8. The number of carbonyl (C=O) groups is 2. The van der Waals surface area contributed by atoms with Crippen LogP contribution in [-0.2, 0) is 9.59 Å². The van der Waals surface area contributed by atoms with Crippen LogP contribution in [0.4, 0.5) is 0 Å². The van der Waals surface area contributed by atoms with Gasteiger partial charge in [-0.25, -0.2) is 4.79 Å². The Bertz CT molecular complexity index is 264. The third-order valence-electron chi connectivity index (χ3n) is 2.78. The highest BCUT2D eigenvalue weighted by Gasteiger charge is 2.43. The summed E-state index contributed by atoms with van der Waals surface area (Å²) in [4.78, 5) is 25.4. The first-order chi connectivity index (χ1) is 6.94. The van der Waals surface area contributed by atoms with Gasteiger partial charge in [0.25, 0.3) is 0 Å². The van der Waals surface area contributed by atoms with Crippen LogP contribution in [0.2, 0.25) is 0 Å². The predicted octanol–water partition coefficient (Wildman–Crippen LogP) is 1.42. The minimum absolute atomic E-state index is 0.199. The number of hydrogen-bond acceptors (Lipinski definition) is 3. The fourth-order valence-electron chi connectivity index (χ4n) is 1.78. The van der Waals surface area contributed by atoms with Crippen LogP contribution in [-0.4, -0.2) is 34.4 Å². The Labute approximate surface area is 88.8 Å². The van der Waals surface area contributed by atoms with E-state index in [4.69, 9.17) is 10.2 Å². The standard InChI is InChI=1S/C10H17NO4/c1-4-7(6-8(12)13)10(5-2,11-3)9(14)15/h7H,3-6H2,1-2H3,(H,12,13)(H,14,15)/t7?,10-/m1/s1. The van der Waals surface area contributed by atoms with Crippen LogP contribution in [0.1, 0.15) is 33.1 Å². The molecule has 0 spiro atoms. The maximum atomic E-state index is 11.1. The molecule has 0 saturated heterocycles. The Hall–Kier alpha value is -1.39. The van der Waals surface area contributed by atoms with E-state index in [1.807, 2.05) is 0 Å². The normalized spacial score (nSPS) is 16.4. The zero-order valence-electron chi connectivity index (χ0n) is 9.06. The third-order valence-corrected chi connectivity index (χ3v) is 2.78. The van der Waals surface area contributed by atoms with Crippen molar-refractivity contribution in [2.45, 2.75) is 38.6 Å². The molecule has 0 bridgehead atoms. The lowest BCUT2D eigenvalue weighted by atomic mass is 9.78. The average Bonchev–Trinajstić information content (AvgIpc) is 2.17. The zero-order chi connectivity index (χ0) is 12.1. The summed E-state index contributed by atoms with van der Waals surface area (Å²) < 4.78 is 0. The van der Waals surface area contributed by atoms with E-state index in [0.717, 1.165) is 0 Å². The largest absolute Gasteiger partial charge is 0.481 e. The van der Waals surface area contributed by atoms with E-state index < -0.39 is 23.4 Å². The van der Waals surface area contributed by atoms with Crippen LogP contribution in [0.25, 0.3) is 0 Å². The Morgan fingerprint density at radius 1 is 1.40 bits per heavy atom. The van der Waals surface area contributed by atoms with Crippen molar-refractivity contribution >= 4 is 18.7 Å². The summed E-state index contributed by atoms with van der Waals surface area (Å²) in [5.41, 5.74) is -1.37. The number of rotatable bonds is 7. The molecule has 0 heterocycles. The van der Waals surface area contributed by atoms with Crippen LogP contribution < -0.4 is 0 Å². The maximum Gasteiger partial charge on any atom is 0.331 e. The van der Waals surface area contributed by atoms with Gasteiger partial charge in [-0.15, -0.1) is 0 Å². The minimum Gasteiger partial charge on any atom is -0.481 e. The van der Waals surface area contributed by atoms with Crippen LogP contribution >= 0.6 is 0 Å². The highest BCUT2D eigenvalue weighted by atomic mass is 16.4. The van der Waals surface area contributed by atoms with Crippen molar-refractivity contribution in [1.29, 1.82) is 0 Å². The fraction of sp³-hybridized carbons (Fsp3) is 0.700. The number of carboxylic acid groups (broad SMARTS) is 2. The Morgan fingerprint density at radius 3 is 2.13 bits per heavy atom. The Balaban J connectivity index is 5.08. The molecule has 0 aromatic heterocycles. The molecule has 0 saturated carbocycles. The van der Waals surface area contributed by atoms with E-state index in [9.17, 15) is 9.59 Å². The predicted molar refractivity (Wildman–Crippen MR) is 56.2 cm³/mol. The van der Waals surface area contributed by atoms with E-state index in [0.29, 0.717) is 6.42 Å². The molecule has 0 amide bonds. The highest BCUT2D eigenvalue weighted by molar-refractivity contribution is 5.81. The van der Waals surface area contributed by atoms with Gasteiger partial charge in [-0.05, 0) is 19.6 Å². The topological polar surface area (TPSA) is 87.0 Å². The number of aliphatic carboxylic acids is 2. The van der Waals surface area contributed by atoms with Crippen LogP contribution in [0.3, 0.4) is 0 Å². The lowest BCUT2D eigenvalue weighted by molar-refractivity contribution is -0.147. The molecule has 0 fully saturated rings. The van der Waals surface area contributed by atoms with E-state index >= 15 is 0 Å². The highest BCUT2D eigenvalue weighted by Crippen LogP contribution is 2.31. The van der Waals surface area contributed by atoms with Crippen molar-refractivity contribution in [3.63, 3.8) is 0 Å². The van der Waals surface area contributed by atoms with Gasteiger partial charge in [0.15, 0.2) is 5.54 Å². The summed E-state index contributed by atoms with van der Waals surface area (Å²) in [7, 11) is 0. The summed E-state index contributed by atoms with van der Waals surface area (Å²) in [6, 6.07) is 0. The SMILES string of the molecule is C=N[C@@](CC)(C(=O)O)C(CC)CC(=O)O. The summed E-state index contributed by atoms with van der Waals surface area (Å²) >= 11 is 0. The molecule has 0 rings (SSSR count). The average molecular weight is 215 g/mol. The molecule has 0 aliphatic heterocycles. The lowest BCUT2D eigenvalue weighted by Crippen LogP contribution is -2.44. The van der Waals surface area contributed by atoms with Crippen molar-refractivity contribution < 1.29 is 19.8 Å². The van der Waals surface area contributed by atoms with Crippen LogP contribution in [0.5, 0.6) is 0 Å². The van der Waals surface area contributed by atoms with Crippen molar-refractivity contribution in [2.24, 2.45) is 10.9 Å². The van der Waals surface area contributed by atoms with Crippen molar-refractivity contribution in [2.75, 3.05) is 0 Å². The fourth-order valence-corrected chi connectivity index (χ4v) is 1.78. The molecular formula is C10H17NO4. The molecule has 15 heavy (non-hydrogen) atoms. The van der Waals surface area contributed by atoms with Crippen LogP contribution in [0.15, 0.2) is 4.99 Å². The molecule has 5 heteroatoms. The second kappa shape index (κ2) is 5.48. The lowest BCUT2D eigenvalue weighted by Gasteiger charge is -2.31. The Kier molecular flexibility index (Phi) is 4.97. The van der Waals surface area contributed by atoms with Gasteiger partial charge >= 0.3 is 11.9 Å². The Morgan fingerprint density at radius 2 is 1.93 bits per heavy atom. The first-order valence-electron chi connectivity index (χ1n) is 4.87. The third kappa shape index (κ3) is 2.78. The summed E-state index contributed by atoms with van der Waals surface area (Å²) in [6.45, 7) is 6.71. The first-order valence-corrected chi connectivity index (χ1v) is 4.87. The van der Waals surface area contributed by atoms with E-state index in [1.54, 1.807) is 13.8 Å². The molecular weight excluding hydrogens is 198 g/mol. The number of hydrogen-bond donors (Lipinski definition) is 2. The van der Waals surface area contributed by atoms with Gasteiger partial charge in [-0.2, -0.15) is 0 Å². The quantitative estimate of drug-likeness (QED) is 0.629. The summed E-state index contributed by atoms with van der Waals surface area (Å²) in [6.07, 6.45) is 0.499. The van der Waals surface area contributed by atoms with Gasteiger partial charge in [-0.3, -0.25) is 9.79 Å². The molecule has 1 unspecified atom stereocenters. The molecule has 0 radical (unpaired) electrons. The van der Waals surface area contributed by atoms with Crippen LogP contribution in [0, 0.1) is 5.92 Å². The second-order valence-corrected chi connectivity index (χ2v) is 3.44. The number of aliphatic imine (C=N–C) groups is 1. The van der Waals surface area contributed by atoms with E-state index in [2.05, 4.69) is 11.7 Å². The minimum atomic E-state index is -1.37.